The van der Waals surface area contributed by atoms with E-state index in [1.54, 1.807) is 94.6 Å². The molecule has 0 aliphatic heterocycles. The van der Waals surface area contributed by atoms with Gasteiger partial charge in [-0.15, -0.1) is 0 Å². The molecule has 112 heavy (non-hydrogen) atoms. The van der Waals surface area contributed by atoms with Crippen molar-refractivity contribution < 1.29 is 112 Å². The van der Waals surface area contributed by atoms with E-state index in [1.807, 2.05) is 5.32 Å². The van der Waals surface area contributed by atoms with Crippen LogP contribution in [-0.4, -0.2) is 235 Å². The van der Waals surface area contributed by atoms with Gasteiger partial charge in [0.15, 0.2) is 0 Å². The number of aliphatic hydroxyl groups is 1. The summed E-state index contributed by atoms with van der Waals surface area (Å²) in [7, 11) is 0. The minimum absolute atomic E-state index is 0.00775. The second kappa shape index (κ2) is 49.0. The number of rotatable bonds is 52. The Labute approximate surface area is 650 Å². The van der Waals surface area contributed by atoms with Crippen LogP contribution in [0.25, 0.3) is 0 Å². The van der Waals surface area contributed by atoms with Crippen molar-refractivity contribution in [2.45, 2.75) is 203 Å². The molecule has 0 spiro atoms. The summed E-state index contributed by atoms with van der Waals surface area (Å²) in [4.78, 5) is 228. The van der Waals surface area contributed by atoms with Gasteiger partial charge in [0.25, 0.3) is 0 Å². The van der Waals surface area contributed by atoms with Gasteiger partial charge in [-0.1, -0.05) is 100 Å². The monoisotopic (exact) mass is 1590 g/mol. The van der Waals surface area contributed by atoms with Crippen LogP contribution in [0.1, 0.15) is 122 Å². The van der Waals surface area contributed by atoms with Crippen molar-refractivity contribution in [2.24, 2.45) is 29.0 Å². The highest BCUT2D eigenvalue weighted by Gasteiger charge is 2.39. The van der Waals surface area contributed by atoms with Crippen LogP contribution in [0.15, 0.2) is 84.9 Å². The topological polar surface area (TPSA) is 634 Å². The molecule has 3 aromatic carbocycles. The number of amides is 13. The lowest BCUT2D eigenvalue weighted by atomic mass is 10.00. The number of aromatic hydroxyl groups is 1. The van der Waals surface area contributed by atoms with Crippen LogP contribution < -0.4 is 81.0 Å². The molecule has 0 fully saturated rings. The first kappa shape index (κ1) is 94.9. The Morgan fingerprint density at radius 2 is 0.768 bits per heavy atom. The molecule has 0 aromatic heterocycles. The number of nitrogens with two attached hydrogens (primary N) is 3. The smallest absolute Gasteiger partial charge is 0.326 e. The number of thioether (sulfide) groups is 1. The minimum Gasteiger partial charge on any atom is -0.508 e. The highest BCUT2D eigenvalue weighted by atomic mass is 32.2. The summed E-state index contributed by atoms with van der Waals surface area (Å²) in [5.41, 5.74) is 18.2. The molecular weight excluding hydrogens is 1490 g/mol. The number of hydrogen-bond donors (Lipinski definition) is 21. The third kappa shape index (κ3) is 35.1. The number of benzene rings is 3. The van der Waals surface area contributed by atoms with Crippen molar-refractivity contribution in [2.75, 3.05) is 25.1 Å². The standard InChI is InChI=1S/C73H105N15O23S/c1-38(2)59(86-55(92)37-77-62(99)45(75)24-28-56(93)94)70(107)81-49(30-32-112-6)66(103)87-60(39(3)4)71(108)88-61(40(5)89)72(109)80-46(19-13-14-31-74)63(100)82-51(34-42-17-11-8-12-18-42)68(105)84-52(35-43-20-22-44(90)23-21-43)69(106)83-50(33-41-15-9-7-10-16-41)67(104)79-47(25-27-54(76)91)64(101)78-48(26-29-57(95)96)65(102)85-53(73(110)111)36-58(97)98/h7-12,15-18,20-23,38-40,45-53,59-61,89-90H,13-14,19,24-37,74-75H2,1-6H3,(H2,76,91)(H,77,99)(H,78,101)(H,79,104)(H,80,109)(H,81,107)(H,82,100)(H,83,106)(H,84,105)(H,85,102)(H,86,92)(H,87,103)(H,88,108)(H,93,94)(H,95,96)(H,97,98)(H,110,111)/t40-,45+,46+,47+,48+,49+,50+,51+,52+,53+,59+,60+,61+/m1/s1. The number of aliphatic carboxylic acids is 4. The first-order valence-corrected chi connectivity index (χ1v) is 37.5. The fraction of sp³-hybridized carbons (Fsp3) is 0.521. The van der Waals surface area contributed by atoms with Crippen molar-refractivity contribution >= 4 is 112 Å². The zero-order valence-electron chi connectivity index (χ0n) is 63.0. The molecule has 0 radical (unpaired) electrons. The Kier molecular flexibility index (Phi) is 41.6. The molecule has 0 saturated heterocycles. The van der Waals surface area contributed by atoms with Crippen molar-refractivity contribution in [1.29, 1.82) is 0 Å². The molecule has 0 bridgehead atoms. The van der Waals surface area contributed by atoms with Crippen LogP contribution in [0, 0.1) is 11.8 Å². The molecule has 0 aliphatic carbocycles. The third-order valence-electron chi connectivity index (χ3n) is 17.3. The lowest BCUT2D eigenvalue weighted by Crippen LogP contribution is -2.63. The van der Waals surface area contributed by atoms with Crippen molar-refractivity contribution in [3.63, 3.8) is 0 Å². The highest BCUT2D eigenvalue weighted by molar-refractivity contribution is 7.98. The normalized spacial score (nSPS) is 14.6. The summed E-state index contributed by atoms with van der Waals surface area (Å²) in [6.45, 7) is 6.96. The SMILES string of the molecule is CSCC[C@H](NC(=O)[C@@H](NC(=O)CNC(=O)[C@@H](N)CCC(=O)O)C(C)C)C(=O)N[C@H](C(=O)N[C@H](C(=O)N[C@@H](CCCCN)C(=O)N[C@@H](Cc1ccccc1)C(=O)N[C@@H](Cc1ccc(O)cc1)C(=O)N[C@@H](Cc1ccccc1)C(=O)N[C@@H](CCC(N)=O)C(=O)N[C@@H](CCC(=O)O)C(=O)N[C@@H](CC(=O)O)C(=O)O)[C@@H](C)O)C(C)C. The van der Waals surface area contributed by atoms with Crippen LogP contribution in [-0.2, 0) is 101 Å². The fourth-order valence-corrected chi connectivity index (χ4v) is 11.5. The molecule has 13 atom stereocenters. The number of phenolic OH excluding ortho intramolecular Hbond substituents is 1. The maximum Gasteiger partial charge on any atom is 0.326 e. The van der Waals surface area contributed by atoms with E-state index < -0.39 is 236 Å². The number of hydrogen-bond acceptors (Lipinski definition) is 22. The molecular formula is C73H105N15O23S. The van der Waals surface area contributed by atoms with Crippen molar-refractivity contribution in [3.05, 3.63) is 102 Å². The van der Waals surface area contributed by atoms with E-state index in [1.165, 1.54) is 36.0 Å². The number of primary amides is 1. The maximum absolute atomic E-state index is 15.1. The Hall–Kier alpha value is -11.3. The quantitative estimate of drug-likeness (QED) is 0.0242. The summed E-state index contributed by atoms with van der Waals surface area (Å²) < 4.78 is 0. The van der Waals surface area contributed by atoms with Gasteiger partial charge in [0.05, 0.1) is 25.1 Å². The minimum atomic E-state index is -2.05. The summed E-state index contributed by atoms with van der Waals surface area (Å²) in [6, 6.07) is 2.12. The Morgan fingerprint density at radius 3 is 1.19 bits per heavy atom. The first-order valence-electron chi connectivity index (χ1n) is 36.1. The van der Waals surface area contributed by atoms with Gasteiger partial charge in [-0.05, 0) is 111 Å². The molecule has 3 rings (SSSR count). The number of phenols is 1. The van der Waals surface area contributed by atoms with Crippen molar-refractivity contribution in [1.82, 2.24) is 63.8 Å². The lowest BCUT2D eigenvalue weighted by Gasteiger charge is -2.30. The summed E-state index contributed by atoms with van der Waals surface area (Å²) >= 11 is 1.32. The molecule has 0 saturated carbocycles. The molecule has 616 valence electrons. The molecule has 39 heteroatoms. The van der Waals surface area contributed by atoms with E-state index in [4.69, 9.17) is 22.3 Å². The summed E-state index contributed by atoms with van der Waals surface area (Å²) in [5.74, 6) is -20.5. The zero-order chi connectivity index (χ0) is 83.9. The number of carbonyl (C=O) groups excluding carboxylic acids is 13. The maximum atomic E-state index is 15.1. The number of aliphatic hydroxyl groups excluding tert-OH is 1. The molecule has 13 amide bonds. The Bertz CT molecular complexity index is 3710. The van der Waals surface area contributed by atoms with Gasteiger partial charge in [0.2, 0.25) is 76.8 Å². The molecule has 38 nitrogen and oxygen atoms in total. The van der Waals surface area contributed by atoms with Crippen LogP contribution >= 0.6 is 11.8 Å². The van der Waals surface area contributed by atoms with Crippen LogP contribution in [0.3, 0.4) is 0 Å². The molecule has 0 heterocycles. The summed E-state index contributed by atoms with van der Waals surface area (Å²) in [6.07, 6.45) is -5.06. The molecule has 3 aromatic rings. The largest absolute Gasteiger partial charge is 0.508 e. The van der Waals surface area contributed by atoms with E-state index in [-0.39, 0.29) is 57.2 Å². The first-order chi connectivity index (χ1) is 52.8. The van der Waals surface area contributed by atoms with Crippen LogP contribution in [0.5, 0.6) is 5.75 Å². The van der Waals surface area contributed by atoms with Gasteiger partial charge in [0.1, 0.15) is 72.2 Å². The summed E-state index contributed by atoms with van der Waals surface area (Å²) in [5, 5.41) is 88.3. The van der Waals surface area contributed by atoms with Gasteiger partial charge in [-0.3, -0.25) is 76.7 Å². The second-order valence-electron chi connectivity index (χ2n) is 27.2. The van der Waals surface area contributed by atoms with Crippen molar-refractivity contribution in [3.8, 4) is 5.75 Å². The van der Waals surface area contributed by atoms with Gasteiger partial charge in [0, 0.05) is 38.5 Å². The average molecular weight is 1590 g/mol. The number of unbranched alkanes of at least 4 members (excludes halogenated alkanes) is 1. The Morgan fingerprint density at radius 1 is 0.402 bits per heavy atom. The number of carboxylic acid groups (broad SMARTS) is 4. The number of carbonyl (C=O) groups is 17. The average Bonchev–Trinajstić information content (AvgIpc) is 0.854. The lowest BCUT2D eigenvalue weighted by molar-refractivity contribution is -0.147. The number of nitrogens with one attached hydrogen (secondary N) is 12. The van der Waals surface area contributed by atoms with Gasteiger partial charge < -0.3 is 112 Å². The highest BCUT2D eigenvalue weighted by Crippen LogP contribution is 2.17. The zero-order valence-corrected chi connectivity index (χ0v) is 63.8. The van der Waals surface area contributed by atoms with Gasteiger partial charge >= 0.3 is 23.9 Å². The van der Waals surface area contributed by atoms with Crippen LogP contribution in [0.2, 0.25) is 0 Å². The predicted octanol–water partition coefficient (Wildman–Crippen LogP) is -3.67. The van der Waals surface area contributed by atoms with E-state index in [0.29, 0.717) is 28.9 Å². The van der Waals surface area contributed by atoms with E-state index in [0.717, 1.165) is 6.92 Å². The third-order valence-corrected chi connectivity index (χ3v) is 17.9. The number of carboxylic acids is 4. The molecule has 0 unspecified atom stereocenters. The second-order valence-corrected chi connectivity index (χ2v) is 28.2. The molecule has 24 N–H and O–H groups in total. The van der Waals surface area contributed by atoms with E-state index >= 15 is 9.59 Å². The van der Waals surface area contributed by atoms with E-state index in [9.17, 15) is 97.5 Å². The predicted molar refractivity (Wildman–Crippen MR) is 404 cm³/mol. The molecule has 0 aliphatic rings. The van der Waals surface area contributed by atoms with Gasteiger partial charge in [-0.25, -0.2) is 4.79 Å². The van der Waals surface area contributed by atoms with Gasteiger partial charge in [-0.2, -0.15) is 11.8 Å². The van der Waals surface area contributed by atoms with Crippen LogP contribution in [0.4, 0.5) is 0 Å². The Balaban J connectivity index is 2.03. The fourth-order valence-electron chi connectivity index (χ4n) is 11.0. The van der Waals surface area contributed by atoms with E-state index in [2.05, 4.69) is 58.5 Å².